The Hall–Kier alpha value is -1.32. The molecule has 1 aromatic carbocycles. The van der Waals surface area contributed by atoms with Crippen molar-refractivity contribution >= 4 is 11.6 Å². The molecule has 84 valence electrons. The Labute approximate surface area is 99.1 Å². The number of benzene rings is 1. The Morgan fingerprint density at radius 3 is 2.56 bits per heavy atom. The predicted molar refractivity (Wildman–Crippen MR) is 64.3 cm³/mol. The monoisotopic (exact) mass is 236 g/mol. The molecule has 0 amide bonds. The van der Waals surface area contributed by atoms with E-state index in [0.717, 1.165) is 23.4 Å². The molecule has 0 bridgehead atoms. The minimum absolute atomic E-state index is 0.0689. The van der Waals surface area contributed by atoms with Gasteiger partial charge in [0, 0.05) is 16.3 Å². The second-order valence-electron chi connectivity index (χ2n) is 3.53. The van der Waals surface area contributed by atoms with E-state index in [1.54, 1.807) is 0 Å². The normalized spacial score (nSPS) is 10.7. The fourth-order valence-corrected chi connectivity index (χ4v) is 1.77. The molecule has 0 spiro atoms. The molecule has 1 heterocycles. The lowest BCUT2D eigenvalue weighted by atomic mass is 10.1. The van der Waals surface area contributed by atoms with Gasteiger partial charge in [-0.15, -0.1) is 0 Å². The lowest BCUT2D eigenvalue weighted by Gasteiger charge is -1.99. The summed E-state index contributed by atoms with van der Waals surface area (Å²) in [6.45, 7) is 1.98. The molecule has 0 aliphatic rings. The third-order valence-corrected chi connectivity index (χ3v) is 2.70. The quantitative estimate of drug-likeness (QED) is 0.861. The minimum Gasteiger partial charge on any atom is -0.388 e. The van der Waals surface area contributed by atoms with Crippen LogP contribution in [0.4, 0.5) is 0 Å². The van der Waals surface area contributed by atoms with Crippen molar-refractivity contribution in [3.8, 4) is 11.3 Å². The van der Waals surface area contributed by atoms with E-state index in [1.807, 2.05) is 31.2 Å². The molecule has 2 rings (SSSR count). The molecule has 0 aliphatic carbocycles. The summed E-state index contributed by atoms with van der Waals surface area (Å²) in [6.07, 6.45) is 0.852. The third kappa shape index (κ3) is 2.10. The molecule has 1 aromatic heterocycles. The number of nitrogens with zero attached hydrogens (tertiary/aromatic N) is 1. The lowest BCUT2D eigenvalue weighted by Crippen LogP contribution is -1.85. The summed E-state index contributed by atoms with van der Waals surface area (Å²) >= 11 is 5.84. The molecule has 0 fully saturated rings. The summed E-state index contributed by atoms with van der Waals surface area (Å²) in [5.74, 6) is 0.599. The van der Waals surface area contributed by atoms with Crippen LogP contribution in [0, 0.1) is 0 Å². The molecule has 2 N–H and O–H groups in total. The first kappa shape index (κ1) is 11.2. The zero-order valence-electron chi connectivity index (χ0n) is 9.00. The maximum Gasteiger partial charge on any atom is 0.132 e. The van der Waals surface area contributed by atoms with E-state index in [-0.39, 0.29) is 6.61 Å². The average Bonchev–Trinajstić information content (AvgIpc) is 2.73. The predicted octanol–water partition coefficient (Wildman–Crippen LogP) is 2.78. The van der Waals surface area contributed by atoms with Gasteiger partial charge in [0.15, 0.2) is 0 Å². The largest absolute Gasteiger partial charge is 0.388 e. The van der Waals surface area contributed by atoms with Crippen LogP contribution in [0.1, 0.15) is 18.4 Å². The van der Waals surface area contributed by atoms with Gasteiger partial charge in [-0.3, -0.25) is 0 Å². The SMILES string of the molecule is CCc1[nH]c(CO)nc1-c1ccc(Cl)cc1. The zero-order chi connectivity index (χ0) is 11.5. The molecule has 2 aromatic rings. The van der Waals surface area contributed by atoms with Crippen LogP contribution in [-0.2, 0) is 13.0 Å². The van der Waals surface area contributed by atoms with E-state index in [1.165, 1.54) is 0 Å². The number of hydrogen-bond acceptors (Lipinski definition) is 2. The second-order valence-corrected chi connectivity index (χ2v) is 3.97. The summed E-state index contributed by atoms with van der Waals surface area (Å²) in [7, 11) is 0. The number of H-pyrrole nitrogens is 1. The van der Waals surface area contributed by atoms with Crippen molar-refractivity contribution < 1.29 is 5.11 Å². The van der Waals surface area contributed by atoms with E-state index in [0.29, 0.717) is 10.8 Å². The Balaban J connectivity index is 2.45. The number of imidazole rings is 1. The Bertz CT molecular complexity index is 476. The number of aliphatic hydroxyl groups is 1. The van der Waals surface area contributed by atoms with Crippen molar-refractivity contribution in [3.05, 3.63) is 40.8 Å². The number of hydrogen-bond donors (Lipinski definition) is 2. The minimum atomic E-state index is -0.0689. The third-order valence-electron chi connectivity index (χ3n) is 2.45. The van der Waals surface area contributed by atoms with Crippen LogP contribution in [-0.4, -0.2) is 15.1 Å². The lowest BCUT2D eigenvalue weighted by molar-refractivity contribution is 0.272. The van der Waals surface area contributed by atoms with Gasteiger partial charge in [-0.1, -0.05) is 30.7 Å². The van der Waals surface area contributed by atoms with E-state index >= 15 is 0 Å². The highest BCUT2D eigenvalue weighted by Gasteiger charge is 2.09. The van der Waals surface area contributed by atoms with Crippen LogP contribution in [0.25, 0.3) is 11.3 Å². The van der Waals surface area contributed by atoms with Crippen molar-refractivity contribution in [1.82, 2.24) is 9.97 Å². The smallest absolute Gasteiger partial charge is 0.132 e. The van der Waals surface area contributed by atoms with Crippen molar-refractivity contribution in [3.63, 3.8) is 0 Å². The number of rotatable bonds is 3. The first-order valence-electron chi connectivity index (χ1n) is 5.19. The maximum absolute atomic E-state index is 9.05. The summed E-state index contributed by atoms with van der Waals surface area (Å²) < 4.78 is 0. The van der Waals surface area contributed by atoms with Gasteiger partial charge >= 0.3 is 0 Å². The summed E-state index contributed by atoms with van der Waals surface area (Å²) in [5.41, 5.74) is 2.94. The summed E-state index contributed by atoms with van der Waals surface area (Å²) in [6, 6.07) is 7.53. The highest BCUT2D eigenvalue weighted by molar-refractivity contribution is 6.30. The van der Waals surface area contributed by atoms with E-state index < -0.39 is 0 Å². The summed E-state index contributed by atoms with van der Waals surface area (Å²) in [4.78, 5) is 7.45. The molecule has 4 heteroatoms. The van der Waals surface area contributed by atoms with Crippen molar-refractivity contribution in [2.45, 2.75) is 20.0 Å². The molecule has 0 saturated heterocycles. The van der Waals surface area contributed by atoms with Crippen molar-refractivity contribution in [1.29, 1.82) is 0 Å². The van der Waals surface area contributed by atoms with Crippen LogP contribution >= 0.6 is 11.6 Å². The van der Waals surface area contributed by atoms with E-state index in [4.69, 9.17) is 16.7 Å². The standard InChI is InChI=1S/C12H13ClN2O/c1-2-10-12(15-11(7-16)14-10)8-3-5-9(13)6-4-8/h3-6,16H,2,7H2,1H3,(H,14,15). The maximum atomic E-state index is 9.05. The molecular formula is C12H13ClN2O. The van der Waals surface area contributed by atoms with Crippen LogP contribution in [0.5, 0.6) is 0 Å². The number of halogens is 1. The van der Waals surface area contributed by atoms with Crippen LogP contribution < -0.4 is 0 Å². The second kappa shape index (κ2) is 4.68. The van der Waals surface area contributed by atoms with Crippen LogP contribution in [0.2, 0.25) is 5.02 Å². The highest BCUT2D eigenvalue weighted by Crippen LogP contribution is 2.23. The molecule has 0 saturated carbocycles. The van der Waals surface area contributed by atoms with Gasteiger partial charge in [-0.25, -0.2) is 4.98 Å². The van der Waals surface area contributed by atoms with Gasteiger partial charge in [-0.2, -0.15) is 0 Å². The number of aromatic nitrogens is 2. The fourth-order valence-electron chi connectivity index (χ4n) is 1.64. The van der Waals surface area contributed by atoms with Gasteiger partial charge in [-0.05, 0) is 18.6 Å². The van der Waals surface area contributed by atoms with Crippen molar-refractivity contribution in [2.24, 2.45) is 0 Å². The van der Waals surface area contributed by atoms with Gasteiger partial charge in [0.05, 0.1) is 5.69 Å². The fraction of sp³-hybridized carbons (Fsp3) is 0.250. The van der Waals surface area contributed by atoms with Gasteiger partial charge in [0.2, 0.25) is 0 Å². The number of aromatic amines is 1. The molecule has 3 nitrogen and oxygen atoms in total. The topological polar surface area (TPSA) is 48.9 Å². The highest BCUT2D eigenvalue weighted by atomic mass is 35.5. The summed E-state index contributed by atoms with van der Waals surface area (Å²) in [5, 5.41) is 9.76. The number of aliphatic hydroxyl groups excluding tert-OH is 1. The molecule has 0 aliphatic heterocycles. The first-order valence-corrected chi connectivity index (χ1v) is 5.57. The molecular weight excluding hydrogens is 224 g/mol. The van der Waals surface area contributed by atoms with Crippen molar-refractivity contribution in [2.75, 3.05) is 0 Å². The number of nitrogens with one attached hydrogen (secondary N) is 1. The van der Waals surface area contributed by atoms with E-state index in [2.05, 4.69) is 9.97 Å². The molecule has 16 heavy (non-hydrogen) atoms. The Morgan fingerprint density at radius 2 is 2.00 bits per heavy atom. The van der Waals surface area contributed by atoms with E-state index in [9.17, 15) is 0 Å². The van der Waals surface area contributed by atoms with Crippen LogP contribution in [0.15, 0.2) is 24.3 Å². The van der Waals surface area contributed by atoms with Gasteiger partial charge in [0.25, 0.3) is 0 Å². The average molecular weight is 237 g/mol. The molecule has 0 atom stereocenters. The van der Waals surface area contributed by atoms with Gasteiger partial charge in [0.1, 0.15) is 12.4 Å². The zero-order valence-corrected chi connectivity index (χ0v) is 9.75. The van der Waals surface area contributed by atoms with Gasteiger partial charge < -0.3 is 10.1 Å². The molecule has 0 unspecified atom stereocenters. The Kier molecular flexibility index (Phi) is 3.27. The number of aryl methyl sites for hydroxylation is 1. The van der Waals surface area contributed by atoms with Crippen LogP contribution in [0.3, 0.4) is 0 Å². The first-order chi connectivity index (χ1) is 7.74. The molecule has 0 radical (unpaired) electrons. The Morgan fingerprint density at radius 1 is 1.31 bits per heavy atom.